The molecule has 0 fully saturated rings. The van der Waals surface area contributed by atoms with Crippen LogP contribution in [0.25, 0.3) is 0 Å². The third-order valence-corrected chi connectivity index (χ3v) is 3.24. The first-order valence-electron chi connectivity index (χ1n) is 4.62. The molecule has 0 aliphatic carbocycles. The number of hydrogen-bond donors (Lipinski definition) is 0. The molecule has 0 aliphatic rings. The minimum Gasteiger partial charge on any atom is -0.255 e. The Balaban J connectivity index is 0.000000791. The van der Waals surface area contributed by atoms with Gasteiger partial charge in [-0.25, -0.2) is 0 Å². The highest BCUT2D eigenvalue weighted by molar-refractivity contribution is 7.84. The molecule has 0 spiro atoms. The summed E-state index contributed by atoms with van der Waals surface area (Å²) >= 11 is 5.90. The van der Waals surface area contributed by atoms with Crippen LogP contribution in [0.1, 0.15) is 25.0 Å². The van der Waals surface area contributed by atoms with Gasteiger partial charge in [0.15, 0.2) is 0 Å². The van der Waals surface area contributed by atoms with E-state index in [1.165, 1.54) is 0 Å². The molecule has 0 aromatic heterocycles. The van der Waals surface area contributed by atoms with E-state index >= 15 is 0 Å². The normalized spacial score (nSPS) is 11.6. The Morgan fingerprint density at radius 3 is 2.00 bits per heavy atom. The standard InChI is InChI=1S/C9H11ClOS.C2H6/c1-6-4-8(10)9(12(3)11)5-7(6)2;1-2/h4-5H,1-3H3;1-2H3. The Kier molecular flexibility index (Phi) is 6.05. The molecule has 1 nitrogen and oxygen atoms in total. The van der Waals surface area contributed by atoms with Crippen molar-refractivity contribution in [3.8, 4) is 0 Å². The number of benzene rings is 1. The predicted octanol–water partition coefficient (Wildman–Crippen LogP) is 3.72. The maximum absolute atomic E-state index is 11.2. The summed E-state index contributed by atoms with van der Waals surface area (Å²) in [6, 6.07) is 3.74. The second-order valence-corrected chi connectivity index (χ2v) is 4.58. The van der Waals surface area contributed by atoms with Crippen molar-refractivity contribution in [1.82, 2.24) is 0 Å². The first kappa shape index (κ1) is 13.7. The van der Waals surface area contributed by atoms with Crippen LogP contribution in [0.5, 0.6) is 0 Å². The second-order valence-electron chi connectivity index (χ2n) is 2.82. The van der Waals surface area contributed by atoms with Crippen molar-refractivity contribution in [3.63, 3.8) is 0 Å². The summed E-state index contributed by atoms with van der Waals surface area (Å²) < 4.78 is 11.2. The average Bonchev–Trinajstić information content (AvgIpc) is 2.14. The number of hydrogen-bond acceptors (Lipinski definition) is 1. The van der Waals surface area contributed by atoms with E-state index in [0.29, 0.717) is 5.02 Å². The van der Waals surface area contributed by atoms with Crippen LogP contribution in [0.3, 0.4) is 0 Å². The Labute approximate surface area is 93.9 Å². The summed E-state index contributed by atoms with van der Waals surface area (Å²) in [6.07, 6.45) is 1.63. The van der Waals surface area contributed by atoms with E-state index in [0.717, 1.165) is 16.0 Å². The van der Waals surface area contributed by atoms with E-state index < -0.39 is 10.8 Å². The molecule has 1 atom stereocenters. The first-order chi connectivity index (χ1) is 6.52. The molecule has 0 radical (unpaired) electrons. The van der Waals surface area contributed by atoms with Gasteiger partial charge in [-0.15, -0.1) is 0 Å². The molecular formula is C11H17ClOS. The fourth-order valence-corrected chi connectivity index (χ4v) is 2.20. The fourth-order valence-electron chi connectivity index (χ4n) is 0.975. The number of aryl methyl sites for hydroxylation is 2. The van der Waals surface area contributed by atoms with Gasteiger partial charge >= 0.3 is 0 Å². The third kappa shape index (κ3) is 3.43. The van der Waals surface area contributed by atoms with Gasteiger partial charge in [-0.3, -0.25) is 4.21 Å². The molecule has 14 heavy (non-hydrogen) atoms. The van der Waals surface area contributed by atoms with Crippen LogP contribution in [-0.4, -0.2) is 10.5 Å². The van der Waals surface area contributed by atoms with Crippen LogP contribution in [-0.2, 0) is 10.8 Å². The minimum atomic E-state index is -0.991. The monoisotopic (exact) mass is 232 g/mol. The Morgan fingerprint density at radius 1 is 1.14 bits per heavy atom. The lowest BCUT2D eigenvalue weighted by Gasteiger charge is -2.04. The molecule has 1 aromatic rings. The van der Waals surface area contributed by atoms with E-state index in [2.05, 4.69) is 0 Å². The SMILES string of the molecule is CC.Cc1cc(Cl)c(S(C)=O)cc1C. The Bertz CT molecular complexity index is 334. The van der Waals surface area contributed by atoms with Crippen molar-refractivity contribution < 1.29 is 4.21 Å². The quantitative estimate of drug-likeness (QED) is 0.721. The van der Waals surface area contributed by atoms with E-state index in [1.54, 1.807) is 6.26 Å². The van der Waals surface area contributed by atoms with Crippen LogP contribution >= 0.6 is 11.6 Å². The lowest BCUT2D eigenvalue weighted by Crippen LogP contribution is -1.91. The molecule has 3 heteroatoms. The van der Waals surface area contributed by atoms with Gasteiger partial charge in [0.05, 0.1) is 20.7 Å². The molecule has 1 unspecified atom stereocenters. The first-order valence-corrected chi connectivity index (χ1v) is 6.56. The van der Waals surface area contributed by atoms with Gasteiger partial charge in [0.25, 0.3) is 0 Å². The highest BCUT2D eigenvalue weighted by atomic mass is 35.5. The molecule has 0 saturated heterocycles. The van der Waals surface area contributed by atoms with Gasteiger partial charge < -0.3 is 0 Å². The maximum Gasteiger partial charge on any atom is 0.0574 e. The smallest absolute Gasteiger partial charge is 0.0574 e. The van der Waals surface area contributed by atoms with Gasteiger partial charge in [0.2, 0.25) is 0 Å². The fraction of sp³-hybridized carbons (Fsp3) is 0.455. The van der Waals surface area contributed by atoms with Gasteiger partial charge in [-0.05, 0) is 37.1 Å². The average molecular weight is 233 g/mol. The number of rotatable bonds is 1. The Morgan fingerprint density at radius 2 is 1.57 bits per heavy atom. The van der Waals surface area contributed by atoms with Crippen molar-refractivity contribution in [2.24, 2.45) is 0 Å². The maximum atomic E-state index is 11.2. The minimum absolute atomic E-state index is 0.596. The third-order valence-electron chi connectivity index (χ3n) is 1.86. The molecule has 0 bridgehead atoms. The van der Waals surface area contributed by atoms with Crippen molar-refractivity contribution in [1.29, 1.82) is 0 Å². The molecule has 0 heterocycles. The molecule has 1 rings (SSSR count). The zero-order chi connectivity index (χ0) is 11.3. The van der Waals surface area contributed by atoms with Crippen molar-refractivity contribution in [2.45, 2.75) is 32.6 Å². The second kappa shape index (κ2) is 6.20. The van der Waals surface area contributed by atoms with Crippen molar-refractivity contribution in [3.05, 3.63) is 28.3 Å². The summed E-state index contributed by atoms with van der Waals surface area (Å²) in [6.45, 7) is 7.98. The van der Waals surface area contributed by atoms with Crippen molar-refractivity contribution in [2.75, 3.05) is 6.26 Å². The lowest BCUT2D eigenvalue weighted by molar-refractivity contribution is 0.686. The summed E-state index contributed by atoms with van der Waals surface area (Å²) in [7, 11) is -0.991. The van der Waals surface area contributed by atoms with Gasteiger partial charge in [0.1, 0.15) is 0 Å². The van der Waals surface area contributed by atoms with E-state index in [4.69, 9.17) is 11.6 Å². The molecule has 0 amide bonds. The molecule has 0 saturated carbocycles. The largest absolute Gasteiger partial charge is 0.255 e. The zero-order valence-electron chi connectivity index (χ0n) is 9.35. The predicted molar refractivity (Wildman–Crippen MR) is 64.6 cm³/mol. The summed E-state index contributed by atoms with van der Waals surface area (Å²) in [5, 5.41) is 0.596. The van der Waals surface area contributed by atoms with Gasteiger partial charge in [-0.2, -0.15) is 0 Å². The van der Waals surface area contributed by atoms with Gasteiger partial charge in [0, 0.05) is 6.26 Å². The van der Waals surface area contributed by atoms with Crippen LogP contribution in [0.2, 0.25) is 5.02 Å². The van der Waals surface area contributed by atoms with E-state index in [9.17, 15) is 4.21 Å². The Hall–Kier alpha value is -0.340. The van der Waals surface area contributed by atoms with Crippen LogP contribution in [0.4, 0.5) is 0 Å². The molecule has 1 aromatic carbocycles. The summed E-state index contributed by atoms with van der Waals surface area (Å²) in [4.78, 5) is 0.722. The molecular weight excluding hydrogens is 216 g/mol. The van der Waals surface area contributed by atoms with Crippen LogP contribution in [0, 0.1) is 13.8 Å². The molecule has 0 aliphatic heterocycles. The summed E-state index contributed by atoms with van der Waals surface area (Å²) in [5.74, 6) is 0. The molecule has 80 valence electrons. The van der Waals surface area contributed by atoms with Crippen molar-refractivity contribution >= 4 is 22.4 Å². The highest BCUT2D eigenvalue weighted by Crippen LogP contribution is 2.22. The van der Waals surface area contributed by atoms with E-state index in [-0.39, 0.29) is 0 Å². The van der Waals surface area contributed by atoms with Gasteiger partial charge in [-0.1, -0.05) is 25.4 Å². The highest BCUT2D eigenvalue weighted by Gasteiger charge is 2.05. The van der Waals surface area contributed by atoms with Crippen LogP contribution < -0.4 is 0 Å². The molecule has 0 N–H and O–H groups in total. The van der Waals surface area contributed by atoms with Crippen LogP contribution in [0.15, 0.2) is 17.0 Å². The topological polar surface area (TPSA) is 17.1 Å². The lowest BCUT2D eigenvalue weighted by atomic mass is 10.1. The van der Waals surface area contributed by atoms with E-state index in [1.807, 2.05) is 39.8 Å². The number of halogens is 1. The zero-order valence-corrected chi connectivity index (χ0v) is 10.9. The summed E-state index contributed by atoms with van der Waals surface area (Å²) in [5.41, 5.74) is 2.26.